The molecule has 0 radical (unpaired) electrons. The lowest BCUT2D eigenvalue weighted by molar-refractivity contribution is -0.142. The minimum atomic E-state index is -0.926. The van der Waals surface area contributed by atoms with E-state index in [0.29, 0.717) is 6.42 Å². The Bertz CT molecular complexity index is 508. The fourth-order valence-electron chi connectivity index (χ4n) is 2.57. The van der Waals surface area contributed by atoms with Crippen molar-refractivity contribution in [1.29, 1.82) is 0 Å². The van der Waals surface area contributed by atoms with Gasteiger partial charge >= 0.3 is 5.97 Å². The van der Waals surface area contributed by atoms with Crippen molar-refractivity contribution in [2.45, 2.75) is 45.1 Å². The van der Waals surface area contributed by atoms with E-state index in [1.165, 1.54) is 0 Å². The number of aliphatic carboxylic acids is 1. The predicted octanol–water partition coefficient (Wildman–Crippen LogP) is 2.47. The smallest absolute Gasteiger partial charge is 0.326 e. The fraction of sp³-hybridized carbons (Fsp3) is 0.500. The molecule has 2 rings (SSSR count). The van der Waals surface area contributed by atoms with Crippen LogP contribution in [0.1, 0.15) is 43.2 Å². The quantitative estimate of drug-likeness (QED) is 0.838. The van der Waals surface area contributed by atoms with E-state index in [0.717, 1.165) is 24.0 Å². The number of hydrogen-bond acceptors (Lipinski definition) is 2. The molecule has 1 amide bonds. The molecule has 1 aromatic carbocycles. The molecular formula is C16H21NO3. The molecule has 108 valence electrons. The van der Waals surface area contributed by atoms with Gasteiger partial charge in [-0.15, -0.1) is 0 Å². The third-order valence-electron chi connectivity index (χ3n) is 3.89. The maximum Gasteiger partial charge on any atom is 0.326 e. The monoisotopic (exact) mass is 275 g/mol. The van der Waals surface area contributed by atoms with Gasteiger partial charge in [0.15, 0.2) is 0 Å². The Labute approximate surface area is 119 Å². The molecule has 2 N–H and O–H groups in total. The average Bonchev–Trinajstić information content (AvgIpc) is 3.20. The van der Waals surface area contributed by atoms with E-state index in [-0.39, 0.29) is 17.7 Å². The number of hydrogen-bond donors (Lipinski definition) is 2. The Kier molecular flexibility index (Phi) is 4.42. The number of aryl methyl sites for hydroxylation is 1. The molecule has 4 nitrogen and oxygen atoms in total. The number of carbonyl (C=O) groups is 2. The summed E-state index contributed by atoms with van der Waals surface area (Å²) < 4.78 is 0. The summed E-state index contributed by atoms with van der Waals surface area (Å²) in [4.78, 5) is 23.1. The van der Waals surface area contributed by atoms with Crippen LogP contribution in [0.2, 0.25) is 0 Å². The fourth-order valence-corrected chi connectivity index (χ4v) is 2.57. The van der Waals surface area contributed by atoms with Crippen LogP contribution in [0, 0.1) is 12.8 Å². The molecule has 1 aliphatic rings. The van der Waals surface area contributed by atoms with E-state index >= 15 is 0 Å². The van der Waals surface area contributed by atoms with Gasteiger partial charge in [-0.1, -0.05) is 31.2 Å². The van der Waals surface area contributed by atoms with Gasteiger partial charge in [0.1, 0.15) is 6.04 Å². The SMILES string of the molecule is Cc1ccccc1C(C)CC(=O)NC(C(=O)O)C1CC1. The summed E-state index contributed by atoms with van der Waals surface area (Å²) in [5.41, 5.74) is 2.30. The highest BCUT2D eigenvalue weighted by Gasteiger charge is 2.37. The first kappa shape index (κ1) is 14.6. The van der Waals surface area contributed by atoms with Crippen LogP contribution in [0.5, 0.6) is 0 Å². The Hall–Kier alpha value is -1.84. The second-order valence-corrected chi connectivity index (χ2v) is 5.68. The van der Waals surface area contributed by atoms with E-state index < -0.39 is 12.0 Å². The van der Waals surface area contributed by atoms with Crippen LogP contribution in [0.3, 0.4) is 0 Å². The second kappa shape index (κ2) is 6.07. The second-order valence-electron chi connectivity index (χ2n) is 5.68. The van der Waals surface area contributed by atoms with Crippen LogP contribution in [0.15, 0.2) is 24.3 Å². The summed E-state index contributed by atoms with van der Waals surface area (Å²) in [5.74, 6) is -0.903. The van der Waals surface area contributed by atoms with Crippen LogP contribution in [-0.2, 0) is 9.59 Å². The van der Waals surface area contributed by atoms with Crippen molar-refractivity contribution in [3.63, 3.8) is 0 Å². The van der Waals surface area contributed by atoms with Crippen molar-refractivity contribution in [2.75, 3.05) is 0 Å². The first-order chi connectivity index (χ1) is 9.49. The van der Waals surface area contributed by atoms with Crippen LogP contribution in [-0.4, -0.2) is 23.0 Å². The molecule has 1 fully saturated rings. The summed E-state index contributed by atoms with van der Waals surface area (Å²) in [7, 11) is 0. The maximum absolute atomic E-state index is 12.0. The Balaban J connectivity index is 1.94. The largest absolute Gasteiger partial charge is 0.480 e. The van der Waals surface area contributed by atoms with Crippen LogP contribution < -0.4 is 5.32 Å². The average molecular weight is 275 g/mol. The van der Waals surface area contributed by atoms with Crippen molar-refractivity contribution >= 4 is 11.9 Å². The number of benzene rings is 1. The predicted molar refractivity (Wildman–Crippen MR) is 76.5 cm³/mol. The van der Waals surface area contributed by atoms with Gasteiger partial charge in [0, 0.05) is 6.42 Å². The lowest BCUT2D eigenvalue weighted by Crippen LogP contribution is -2.42. The highest BCUT2D eigenvalue weighted by molar-refractivity contribution is 5.84. The van der Waals surface area contributed by atoms with Gasteiger partial charge in [0.25, 0.3) is 0 Å². The molecular weight excluding hydrogens is 254 g/mol. The number of carbonyl (C=O) groups excluding carboxylic acids is 1. The van der Waals surface area contributed by atoms with E-state index in [1.54, 1.807) is 0 Å². The molecule has 1 aliphatic carbocycles. The zero-order valence-electron chi connectivity index (χ0n) is 11.9. The number of nitrogens with one attached hydrogen (secondary N) is 1. The third kappa shape index (κ3) is 3.59. The Morgan fingerprint density at radius 1 is 1.35 bits per heavy atom. The van der Waals surface area contributed by atoms with Crippen molar-refractivity contribution in [3.8, 4) is 0 Å². The zero-order valence-corrected chi connectivity index (χ0v) is 11.9. The number of carboxylic acid groups (broad SMARTS) is 1. The molecule has 0 heterocycles. The summed E-state index contributed by atoms with van der Waals surface area (Å²) in [6, 6.07) is 7.25. The molecule has 2 atom stereocenters. The molecule has 2 unspecified atom stereocenters. The first-order valence-electron chi connectivity index (χ1n) is 7.06. The van der Waals surface area contributed by atoms with Crippen LogP contribution in [0.25, 0.3) is 0 Å². The van der Waals surface area contributed by atoms with Gasteiger partial charge in [0.05, 0.1) is 0 Å². The van der Waals surface area contributed by atoms with Crippen molar-refractivity contribution in [3.05, 3.63) is 35.4 Å². The molecule has 0 aromatic heterocycles. The number of carboxylic acids is 1. The van der Waals surface area contributed by atoms with E-state index in [9.17, 15) is 9.59 Å². The Morgan fingerprint density at radius 2 is 2.00 bits per heavy atom. The van der Waals surface area contributed by atoms with E-state index in [2.05, 4.69) is 5.32 Å². The van der Waals surface area contributed by atoms with Gasteiger partial charge in [-0.3, -0.25) is 4.79 Å². The zero-order chi connectivity index (χ0) is 14.7. The minimum Gasteiger partial charge on any atom is -0.480 e. The summed E-state index contributed by atoms with van der Waals surface area (Å²) in [6.07, 6.45) is 2.11. The highest BCUT2D eigenvalue weighted by atomic mass is 16.4. The lowest BCUT2D eigenvalue weighted by atomic mass is 9.93. The molecule has 0 spiro atoms. The molecule has 0 bridgehead atoms. The summed E-state index contributed by atoms with van der Waals surface area (Å²) >= 11 is 0. The number of amides is 1. The van der Waals surface area contributed by atoms with E-state index in [4.69, 9.17) is 5.11 Å². The molecule has 20 heavy (non-hydrogen) atoms. The Morgan fingerprint density at radius 3 is 2.55 bits per heavy atom. The summed E-state index contributed by atoms with van der Waals surface area (Å²) in [5, 5.41) is 11.8. The lowest BCUT2D eigenvalue weighted by Gasteiger charge is -2.17. The van der Waals surface area contributed by atoms with Crippen LogP contribution in [0.4, 0.5) is 0 Å². The normalized spacial score (nSPS) is 17.3. The maximum atomic E-state index is 12.0. The van der Waals surface area contributed by atoms with Crippen molar-refractivity contribution in [2.24, 2.45) is 5.92 Å². The van der Waals surface area contributed by atoms with Gasteiger partial charge in [-0.25, -0.2) is 4.79 Å². The van der Waals surface area contributed by atoms with Gasteiger partial charge in [0.2, 0.25) is 5.91 Å². The van der Waals surface area contributed by atoms with Crippen molar-refractivity contribution < 1.29 is 14.7 Å². The van der Waals surface area contributed by atoms with Crippen molar-refractivity contribution in [1.82, 2.24) is 5.32 Å². The van der Waals surface area contributed by atoms with Gasteiger partial charge in [-0.2, -0.15) is 0 Å². The topological polar surface area (TPSA) is 66.4 Å². The van der Waals surface area contributed by atoms with E-state index in [1.807, 2.05) is 38.1 Å². The third-order valence-corrected chi connectivity index (χ3v) is 3.89. The van der Waals surface area contributed by atoms with Crippen LogP contribution >= 0.6 is 0 Å². The highest BCUT2D eigenvalue weighted by Crippen LogP contribution is 2.33. The molecule has 1 saturated carbocycles. The molecule has 1 aromatic rings. The minimum absolute atomic E-state index is 0.0878. The van der Waals surface area contributed by atoms with Gasteiger partial charge < -0.3 is 10.4 Å². The molecule has 0 aliphatic heterocycles. The molecule has 0 saturated heterocycles. The molecule has 4 heteroatoms. The van der Waals surface area contributed by atoms with Gasteiger partial charge in [-0.05, 0) is 42.7 Å². The standard InChI is InChI=1S/C16H21NO3/c1-10-5-3-4-6-13(10)11(2)9-14(18)17-15(16(19)20)12-7-8-12/h3-6,11-12,15H,7-9H2,1-2H3,(H,17,18)(H,19,20). The summed E-state index contributed by atoms with van der Waals surface area (Å²) in [6.45, 7) is 4.02. The number of rotatable bonds is 6. The first-order valence-corrected chi connectivity index (χ1v) is 7.06.